The fourth-order valence-electron chi connectivity index (χ4n) is 3.10. The van der Waals surface area contributed by atoms with E-state index in [0.29, 0.717) is 24.7 Å². The molecule has 0 spiro atoms. The number of hydrogen-bond donors (Lipinski definition) is 0. The number of halogens is 3. The van der Waals surface area contributed by atoms with Crippen molar-refractivity contribution in [1.29, 1.82) is 0 Å². The van der Waals surface area contributed by atoms with Gasteiger partial charge in [-0.1, -0.05) is 17.7 Å². The Labute approximate surface area is 165 Å². The summed E-state index contributed by atoms with van der Waals surface area (Å²) in [6.07, 6.45) is 0. The maximum absolute atomic E-state index is 13.1. The van der Waals surface area contributed by atoms with Crippen molar-refractivity contribution in [3.8, 4) is 0 Å². The van der Waals surface area contributed by atoms with Gasteiger partial charge in [-0.2, -0.15) is 5.10 Å². The van der Waals surface area contributed by atoms with Gasteiger partial charge in [0.15, 0.2) is 0 Å². The molecule has 0 radical (unpaired) electrons. The first-order valence-corrected chi connectivity index (χ1v) is 9.66. The number of piperazine rings is 1. The average molecular weight is 444 g/mol. The third kappa shape index (κ3) is 4.27. The molecule has 5 nitrogen and oxygen atoms in total. The van der Waals surface area contributed by atoms with Crippen LogP contribution in [0.5, 0.6) is 0 Å². The van der Waals surface area contributed by atoms with Crippen molar-refractivity contribution >= 4 is 33.4 Å². The van der Waals surface area contributed by atoms with Crippen LogP contribution in [0, 0.1) is 19.7 Å². The number of nitrogens with zero attached hydrogens (tertiary/aromatic N) is 4. The van der Waals surface area contributed by atoms with E-state index in [2.05, 4.69) is 25.9 Å². The topological polar surface area (TPSA) is 41.4 Å². The molecule has 1 aromatic heterocycles. The number of carbonyl (C=O) groups excluding carboxylic acids is 1. The lowest BCUT2D eigenvalue weighted by Crippen LogP contribution is -2.49. The maximum Gasteiger partial charge on any atom is 0.244 e. The average Bonchev–Trinajstić information content (AvgIpc) is 2.85. The van der Waals surface area contributed by atoms with Crippen molar-refractivity contribution in [2.75, 3.05) is 26.2 Å². The Balaban J connectivity index is 1.54. The lowest BCUT2D eigenvalue weighted by atomic mass is 10.2. The molecule has 0 N–H and O–H groups in total. The van der Waals surface area contributed by atoms with Gasteiger partial charge in [0.25, 0.3) is 0 Å². The zero-order valence-corrected chi connectivity index (χ0v) is 17.1. The van der Waals surface area contributed by atoms with Crippen LogP contribution in [-0.4, -0.2) is 51.7 Å². The SMILES string of the molecule is Cc1nn(CC(=O)N2CCN(Cc3ccc(F)cc3Cl)CC2)c(C)c1Br. The number of aryl methyl sites for hydroxylation is 1. The molecule has 0 unspecified atom stereocenters. The van der Waals surface area contributed by atoms with E-state index in [1.54, 1.807) is 10.7 Å². The van der Waals surface area contributed by atoms with Crippen LogP contribution in [0.25, 0.3) is 0 Å². The van der Waals surface area contributed by atoms with E-state index in [0.717, 1.165) is 34.5 Å². The third-order valence-electron chi connectivity index (χ3n) is 4.71. The van der Waals surface area contributed by atoms with Crippen molar-refractivity contribution < 1.29 is 9.18 Å². The second kappa shape index (κ2) is 8.06. The second-order valence-corrected chi connectivity index (χ2v) is 7.74. The molecule has 2 aromatic rings. The van der Waals surface area contributed by atoms with Crippen molar-refractivity contribution in [3.63, 3.8) is 0 Å². The van der Waals surface area contributed by atoms with Gasteiger partial charge < -0.3 is 4.90 Å². The number of rotatable bonds is 4. The Hall–Kier alpha value is -1.44. The normalized spacial score (nSPS) is 15.5. The molecule has 1 aromatic carbocycles. The predicted molar refractivity (Wildman–Crippen MR) is 103 cm³/mol. The molecular weight excluding hydrogens is 423 g/mol. The van der Waals surface area contributed by atoms with Gasteiger partial charge in [0.2, 0.25) is 5.91 Å². The summed E-state index contributed by atoms with van der Waals surface area (Å²) in [6.45, 7) is 7.63. The molecule has 0 saturated carbocycles. The molecule has 1 aliphatic rings. The number of aromatic nitrogens is 2. The van der Waals surface area contributed by atoms with Gasteiger partial charge in [-0.15, -0.1) is 0 Å². The van der Waals surface area contributed by atoms with Gasteiger partial charge in [0.1, 0.15) is 12.4 Å². The summed E-state index contributed by atoms with van der Waals surface area (Å²) < 4.78 is 15.8. The summed E-state index contributed by atoms with van der Waals surface area (Å²) in [4.78, 5) is 16.7. The van der Waals surface area contributed by atoms with Gasteiger partial charge in [0, 0.05) is 37.7 Å². The zero-order chi connectivity index (χ0) is 18.8. The largest absolute Gasteiger partial charge is 0.339 e. The maximum atomic E-state index is 13.1. The predicted octanol–water partition coefficient (Wildman–Crippen LogP) is 3.40. The van der Waals surface area contributed by atoms with Gasteiger partial charge in [-0.05, 0) is 47.5 Å². The number of hydrogen-bond acceptors (Lipinski definition) is 3. The monoisotopic (exact) mass is 442 g/mol. The van der Waals surface area contributed by atoms with Crippen molar-refractivity contribution in [1.82, 2.24) is 19.6 Å². The molecule has 0 aliphatic carbocycles. The minimum absolute atomic E-state index is 0.0718. The fourth-order valence-corrected chi connectivity index (χ4v) is 3.61. The molecule has 1 fully saturated rings. The quantitative estimate of drug-likeness (QED) is 0.727. The van der Waals surface area contributed by atoms with Crippen LogP contribution in [0.4, 0.5) is 4.39 Å². The highest BCUT2D eigenvalue weighted by molar-refractivity contribution is 9.10. The van der Waals surface area contributed by atoms with E-state index < -0.39 is 0 Å². The van der Waals surface area contributed by atoms with Gasteiger partial charge in [0.05, 0.1) is 15.9 Å². The Morgan fingerprint density at radius 1 is 1.27 bits per heavy atom. The number of carbonyl (C=O) groups is 1. The van der Waals surface area contributed by atoms with E-state index in [9.17, 15) is 9.18 Å². The highest BCUT2D eigenvalue weighted by Crippen LogP contribution is 2.21. The first kappa shape index (κ1) is 19.3. The van der Waals surface area contributed by atoms with E-state index in [4.69, 9.17) is 11.6 Å². The number of amides is 1. The lowest BCUT2D eigenvalue weighted by molar-refractivity contribution is -0.133. The molecule has 0 bridgehead atoms. The van der Waals surface area contributed by atoms with Crippen LogP contribution >= 0.6 is 27.5 Å². The summed E-state index contributed by atoms with van der Waals surface area (Å²) in [5.41, 5.74) is 2.75. The Morgan fingerprint density at radius 3 is 2.54 bits per heavy atom. The number of benzene rings is 1. The minimum atomic E-state index is -0.329. The molecule has 8 heteroatoms. The van der Waals surface area contributed by atoms with E-state index in [-0.39, 0.29) is 18.3 Å². The Morgan fingerprint density at radius 2 is 1.96 bits per heavy atom. The van der Waals surface area contributed by atoms with Crippen LogP contribution in [0.15, 0.2) is 22.7 Å². The second-order valence-electron chi connectivity index (χ2n) is 6.54. The molecule has 26 heavy (non-hydrogen) atoms. The molecule has 1 saturated heterocycles. The van der Waals surface area contributed by atoms with Gasteiger partial charge in [-0.3, -0.25) is 14.4 Å². The highest BCUT2D eigenvalue weighted by atomic mass is 79.9. The zero-order valence-electron chi connectivity index (χ0n) is 14.8. The first-order chi connectivity index (χ1) is 12.3. The molecule has 1 aliphatic heterocycles. The van der Waals surface area contributed by atoms with E-state index in [1.807, 2.05) is 18.7 Å². The van der Waals surface area contributed by atoms with E-state index in [1.165, 1.54) is 12.1 Å². The summed E-state index contributed by atoms with van der Waals surface area (Å²) >= 11 is 9.59. The molecule has 140 valence electrons. The molecule has 3 rings (SSSR count). The van der Waals surface area contributed by atoms with E-state index >= 15 is 0 Å². The molecular formula is C18H21BrClFN4O. The van der Waals surface area contributed by atoms with Crippen LogP contribution in [0.2, 0.25) is 5.02 Å². The van der Waals surface area contributed by atoms with Crippen molar-refractivity contribution in [2.24, 2.45) is 0 Å². The van der Waals surface area contributed by atoms with Crippen LogP contribution in [0.3, 0.4) is 0 Å². The summed E-state index contributed by atoms with van der Waals surface area (Å²) in [7, 11) is 0. The van der Waals surface area contributed by atoms with Gasteiger partial charge >= 0.3 is 0 Å². The van der Waals surface area contributed by atoms with Crippen molar-refractivity contribution in [3.05, 3.63) is 50.5 Å². The van der Waals surface area contributed by atoms with Crippen LogP contribution in [-0.2, 0) is 17.9 Å². The molecule has 0 atom stereocenters. The summed E-state index contributed by atoms with van der Waals surface area (Å²) in [5, 5.41) is 4.84. The first-order valence-electron chi connectivity index (χ1n) is 8.48. The highest BCUT2D eigenvalue weighted by Gasteiger charge is 2.23. The van der Waals surface area contributed by atoms with Crippen LogP contribution < -0.4 is 0 Å². The lowest BCUT2D eigenvalue weighted by Gasteiger charge is -2.35. The minimum Gasteiger partial charge on any atom is -0.339 e. The fraction of sp³-hybridized carbons (Fsp3) is 0.444. The summed E-state index contributed by atoms with van der Waals surface area (Å²) in [6, 6.07) is 4.48. The van der Waals surface area contributed by atoms with Gasteiger partial charge in [-0.25, -0.2) is 4.39 Å². The molecule has 1 amide bonds. The third-order valence-corrected chi connectivity index (χ3v) is 6.21. The van der Waals surface area contributed by atoms with Crippen molar-refractivity contribution in [2.45, 2.75) is 26.9 Å². The Kier molecular flexibility index (Phi) is 5.99. The molecule has 2 heterocycles. The smallest absolute Gasteiger partial charge is 0.244 e. The summed E-state index contributed by atoms with van der Waals surface area (Å²) in [5.74, 6) is -0.257. The Bertz CT molecular complexity index is 818. The van der Waals surface area contributed by atoms with Crippen LogP contribution in [0.1, 0.15) is 17.0 Å². The standard InChI is InChI=1S/C18H21BrClFN4O/c1-12-18(19)13(2)25(22-12)11-17(26)24-7-5-23(6-8-24)10-14-3-4-15(21)9-16(14)20/h3-4,9H,5-8,10-11H2,1-2H3.